The van der Waals surface area contributed by atoms with Crippen molar-refractivity contribution in [2.75, 3.05) is 14.1 Å². The molecule has 25 heavy (non-hydrogen) atoms. The van der Waals surface area contributed by atoms with E-state index in [1.54, 1.807) is 31.1 Å². The molecule has 0 spiro atoms. The molecule has 1 aliphatic rings. The predicted molar refractivity (Wildman–Crippen MR) is 98.0 cm³/mol. The number of hydrogen-bond donors (Lipinski definition) is 0. The zero-order valence-corrected chi connectivity index (χ0v) is 15.3. The van der Waals surface area contributed by atoms with Gasteiger partial charge in [-0.25, -0.2) is 4.39 Å². The van der Waals surface area contributed by atoms with Crippen molar-refractivity contribution in [3.05, 3.63) is 70.5 Å². The molecule has 0 fully saturated rings. The molecule has 2 aromatic rings. The van der Waals surface area contributed by atoms with E-state index in [4.69, 9.17) is 0 Å². The molecular formula is C21H25FN2O. The third kappa shape index (κ3) is 3.59. The van der Waals surface area contributed by atoms with Gasteiger partial charge in [-0.05, 0) is 61.2 Å². The SMILES string of the molecule is C[C@@H]1Cc2cc(F)ccc2[C@@H](C)N1Cc1cccc(C(=O)N(C)C)c1. The number of rotatable bonds is 3. The summed E-state index contributed by atoms with van der Waals surface area (Å²) < 4.78 is 13.5. The number of carbonyl (C=O) groups excluding carboxylic acids is 1. The highest BCUT2D eigenvalue weighted by Crippen LogP contribution is 2.34. The highest BCUT2D eigenvalue weighted by atomic mass is 19.1. The summed E-state index contributed by atoms with van der Waals surface area (Å²) in [5, 5.41) is 0. The maximum atomic E-state index is 13.5. The van der Waals surface area contributed by atoms with Crippen LogP contribution < -0.4 is 0 Å². The third-order valence-electron chi connectivity index (χ3n) is 5.08. The molecule has 4 heteroatoms. The topological polar surface area (TPSA) is 23.6 Å². The van der Waals surface area contributed by atoms with E-state index in [0.29, 0.717) is 11.6 Å². The summed E-state index contributed by atoms with van der Waals surface area (Å²) in [6.07, 6.45) is 0.841. The number of benzene rings is 2. The van der Waals surface area contributed by atoms with Crippen molar-refractivity contribution in [2.24, 2.45) is 0 Å². The summed E-state index contributed by atoms with van der Waals surface area (Å²) in [6, 6.07) is 13.5. The lowest BCUT2D eigenvalue weighted by molar-refractivity contribution is 0.0827. The van der Waals surface area contributed by atoms with E-state index in [9.17, 15) is 9.18 Å². The Hall–Kier alpha value is -2.20. The minimum atomic E-state index is -0.165. The quantitative estimate of drug-likeness (QED) is 0.842. The molecule has 0 saturated carbocycles. The zero-order valence-electron chi connectivity index (χ0n) is 15.3. The van der Waals surface area contributed by atoms with E-state index in [-0.39, 0.29) is 17.8 Å². The number of hydrogen-bond acceptors (Lipinski definition) is 2. The van der Waals surface area contributed by atoms with Gasteiger partial charge in [-0.1, -0.05) is 18.2 Å². The van der Waals surface area contributed by atoms with Crippen LogP contribution in [0.15, 0.2) is 42.5 Å². The molecule has 2 aromatic carbocycles. The molecule has 0 N–H and O–H groups in total. The van der Waals surface area contributed by atoms with Crippen LogP contribution in [0.25, 0.3) is 0 Å². The van der Waals surface area contributed by atoms with Gasteiger partial charge in [0.05, 0.1) is 0 Å². The molecular weight excluding hydrogens is 315 g/mol. The number of halogens is 1. The average molecular weight is 340 g/mol. The molecule has 0 saturated heterocycles. The van der Waals surface area contributed by atoms with Gasteiger partial charge in [0, 0.05) is 38.3 Å². The van der Waals surface area contributed by atoms with Crippen LogP contribution >= 0.6 is 0 Å². The highest BCUT2D eigenvalue weighted by molar-refractivity contribution is 5.94. The van der Waals surface area contributed by atoms with E-state index in [2.05, 4.69) is 24.8 Å². The minimum absolute atomic E-state index is 0.0161. The second-order valence-corrected chi connectivity index (χ2v) is 7.14. The van der Waals surface area contributed by atoms with Crippen LogP contribution in [0.2, 0.25) is 0 Å². The van der Waals surface area contributed by atoms with E-state index >= 15 is 0 Å². The van der Waals surface area contributed by atoms with Crippen LogP contribution in [0.5, 0.6) is 0 Å². The van der Waals surface area contributed by atoms with Crippen molar-refractivity contribution in [1.82, 2.24) is 9.80 Å². The number of fused-ring (bicyclic) bond motifs is 1. The summed E-state index contributed by atoms with van der Waals surface area (Å²) >= 11 is 0. The van der Waals surface area contributed by atoms with E-state index in [0.717, 1.165) is 24.1 Å². The lowest BCUT2D eigenvalue weighted by Crippen LogP contribution is -2.40. The summed E-state index contributed by atoms with van der Waals surface area (Å²) in [5.41, 5.74) is 4.13. The third-order valence-corrected chi connectivity index (χ3v) is 5.08. The molecule has 1 amide bonds. The fraction of sp³-hybridized carbons (Fsp3) is 0.381. The van der Waals surface area contributed by atoms with E-state index in [1.807, 2.05) is 24.3 Å². The molecule has 0 aliphatic carbocycles. The Morgan fingerprint density at radius 3 is 2.68 bits per heavy atom. The molecule has 3 rings (SSSR count). The summed E-state index contributed by atoms with van der Waals surface area (Å²) in [6.45, 7) is 5.12. The first-order chi connectivity index (χ1) is 11.9. The van der Waals surface area contributed by atoms with Crippen molar-refractivity contribution < 1.29 is 9.18 Å². The lowest BCUT2D eigenvalue weighted by Gasteiger charge is -2.40. The van der Waals surface area contributed by atoms with Gasteiger partial charge in [0.2, 0.25) is 0 Å². The molecule has 2 atom stereocenters. The van der Waals surface area contributed by atoms with Gasteiger partial charge < -0.3 is 4.90 Å². The normalized spacial score (nSPS) is 20.2. The van der Waals surface area contributed by atoms with Crippen LogP contribution in [0, 0.1) is 5.82 Å². The number of carbonyl (C=O) groups is 1. The number of amides is 1. The first kappa shape index (κ1) is 17.6. The second-order valence-electron chi connectivity index (χ2n) is 7.14. The molecule has 1 aliphatic heterocycles. The average Bonchev–Trinajstić information content (AvgIpc) is 2.57. The molecule has 132 valence electrons. The van der Waals surface area contributed by atoms with Gasteiger partial charge in [0.25, 0.3) is 5.91 Å². The van der Waals surface area contributed by atoms with Crippen molar-refractivity contribution in [1.29, 1.82) is 0 Å². The lowest BCUT2D eigenvalue weighted by atomic mass is 9.89. The van der Waals surface area contributed by atoms with Gasteiger partial charge >= 0.3 is 0 Å². The fourth-order valence-corrected chi connectivity index (χ4v) is 3.72. The van der Waals surface area contributed by atoms with Gasteiger partial charge in [0.15, 0.2) is 0 Å². The van der Waals surface area contributed by atoms with Crippen molar-refractivity contribution in [3.63, 3.8) is 0 Å². The summed E-state index contributed by atoms with van der Waals surface area (Å²) in [4.78, 5) is 16.2. The molecule has 0 radical (unpaired) electrons. The standard InChI is InChI=1S/C21H25FN2O/c1-14-10-18-12-19(22)8-9-20(18)15(2)24(14)13-16-6-5-7-17(11-16)21(25)23(3)4/h5-9,11-12,14-15H,10,13H2,1-4H3/t14-,15-/m1/s1. The Morgan fingerprint density at radius 1 is 1.20 bits per heavy atom. The van der Waals surface area contributed by atoms with Gasteiger partial charge in [0.1, 0.15) is 5.82 Å². The highest BCUT2D eigenvalue weighted by Gasteiger charge is 2.29. The Balaban J connectivity index is 1.84. The molecule has 3 nitrogen and oxygen atoms in total. The predicted octanol–water partition coefficient (Wildman–Crippen LogP) is 4.04. The largest absolute Gasteiger partial charge is 0.345 e. The number of nitrogens with zero attached hydrogens (tertiary/aromatic N) is 2. The fourth-order valence-electron chi connectivity index (χ4n) is 3.72. The molecule has 0 unspecified atom stereocenters. The summed E-state index contributed by atoms with van der Waals surface area (Å²) in [5.74, 6) is -0.149. The first-order valence-electron chi connectivity index (χ1n) is 8.71. The van der Waals surface area contributed by atoms with Crippen molar-refractivity contribution >= 4 is 5.91 Å². The Kier molecular flexibility index (Phi) is 4.91. The second kappa shape index (κ2) is 6.96. The maximum absolute atomic E-state index is 13.5. The molecule has 0 bridgehead atoms. The van der Waals surface area contributed by atoms with Gasteiger partial charge in [-0.2, -0.15) is 0 Å². The monoisotopic (exact) mass is 340 g/mol. The Labute approximate surface area is 149 Å². The van der Waals surface area contributed by atoms with Crippen molar-refractivity contribution in [3.8, 4) is 0 Å². The van der Waals surface area contributed by atoms with E-state index in [1.165, 1.54) is 5.56 Å². The zero-order chi connectivity index (χ0) is 18.1. The van der Waals surface area contributed by atoms with E-state index < -0.39 is 0 Å². The smallest absolute Gasteiger partial charge is 0.253 e. The van der Waals surface area contributed by atoms with Gasteiger partial charge in [-0.3, -0.25) is 9.69 Å². The van der Waals surface area contributed by atoms with Gasteiger partial charge in [-0.15, -0.1) is 0 Å². The Bertz CT molecular complexity index is 787. The maximum Gasteiger partial charge on any atom is 0.253 e. The summed E-state index contributed by atoms with van der Waals surface area (Å²) in [7, 11) is 3.53. The van der Waals surface area contributed by atoms with Crippen LogP contribution in [0.3, 0.4) is 0 Å². The first-order valence-corrected chi connectivity index (χ1v) is 8.71. The molecule has 1 heterocycles. The van der Waals surface area contributed by atoms with Crippen LogP contribution in [-0.2, 0) is 13.0 Å². The minimum Gasteiger partial charge on any atom is -0.345 e. The Morgan fingerprint density at radius 2 is 1.96 bits per heavy atom. The van der Waals surface area contributed by atoms with Crippen molar-refractivity contribution in [2.45, 2.75) is 38.9 Å². The van der Waals surface area contributed by atoms with Crippen LogP contribution in [0.4, 0.5) is 4.39 Å². The van der Waals surface area contributed by atoms with Crippen LogP contribution in [-0.4, -0.2) is 35.8 Å². The molecule has 0 aromatic heterocycles. The van der Waals surface area contributed by atoms with Crippen LogP contribution in [0.1, 0.15) is 46.9 Å².